The molecule has 0 aliphatic rings. The molecule has 0 saturated heterocycles. The van der Waals surface area contributed by atoms with Crippen LogP contribution in [0.2, 0.25) is 0 Å². The zero-order valence-electron chi connectivity index (χ0n) is 30.1. The Kier molecular flexibility index (Phi) is 12.4. The van der Waals surface area contributed by atoms with E-state index in [9.17, 15) is 26.2 Å². The van der Waals surface area contributed by atoms with Gasteiger partial charge in [-0.05, 0) is 102 Å². The standard InChI is InChI=1S/C25H25N5O5S.C14H13NO4S/c1-34-21-11-2-15(12-18-14-29-25(28)30-24(18)27)13-22(21)35-23(16-3-7-19(26)8-4-16)17-5-9-20(10-6-17)36(31,32)33;1-19-14(16)10-2-6-12(7-3-10)20(17,18)13-8-4-11(15)5-9-13/h2-11,13-14,23H,12,26H2,1H3,(H,31,32,33)(H4,27,28,29,30);2-9H,15H2,1H3. The van der Waals surface area contributed by atoms with Crippen LogP contribution in [0.4, 0.5) is 23.1 Å². The van der Waals surface area contributed by atoms with E-state index in [0.29, 0.717) is 51.8 Å². The number of carbonyl (C=O) groups is 1. The maximum absolute atomic E-state index is 12.3. The minimum atomic E-state index is -4.33. The Bertz CT molecular complexity index is 2540. The van der Waals surface area contributed by atoms with Gasteiger partial charge in [0.15, 0.2) is 11.5 Å². The highest BCUT2D eigenvalue weighted by molar-refractivity contribution is 7.91. The number of benzene rings is 5. The van der Waals surface area contributed by atoms with Crippen molar-refractivity contribution >= 4 is 49.1 Å². The highest BCUT2D eigenvalue weighted by atomic mass is 32.2. The highest BCUT2D eigenvalue weighted by Crippen LogP contribution is 2.36. The van der Waals surface area contributed by atoms with E-state index in [1.54, 1.807) is 36.5 Å². The van der Waals surface area contributed by atoms with Gasteiger partial charge >= 0.3 is 5.97 Å². The van der Waals surface area contributed by atoms with Crippen molar-refractivity contribution in [1.29, 1.82) is 0 Å². The number of nitrogens with zero attached hydrogens (tertiary/aromatic N) is 2. The fraction of sp³-hybridized carbons (Fsp3) is 0.103. The third-order valence-electron chi connectivity index (χ3n) is 8.28. The molecule has 0 aliphatic carbocycles. The molecule has 1 unspecified atom stereocenters. The molecule has 0 radical (unpaired) electrons. The fourth-order valence-electron chi connectivity index (χ4n) is 5.33. The molecule has 6 aromatic rings. The summed E-state index contributed by atoms with van der Waals surface area (Å²) >= 11 is 0. The van der Waals surface area contributed by atoms with Crippen molar-refractivity contribution in [1.82, 2.24) is 9.97 Å². The van der Waals surface area contributed by atoms with Crippen molar-refractivity contribution in [3.05, 3.63) is 149 Å². The van der Waals surface area contributed by atoms with Gasteiger partial charge in [-0.1, -0.05) is 30.3 Å². The first-order chi connectivity index (χ1) is 26.6. The number of ether oxygens (including phenoxy) is 3. The summed E-state index contributed by atoms with van der Waals surface area (Å²) in [6.07, 6.45) is 1.37. The summed E-state index contributed by atoms with van der Waals surface area (Å²) in [7, 11) is -5.15. The van der Waals surface area contributed by atoms with Crippen molar-refractivity contribution in [2.24, 2.45) is 0 Å². The molecular formula is C39H38N6O9S2. The van der Waals surface area contributed by atoms with E-state index in [2.05, 4.69) is 14.7 Å². The summed E-state index contributed by atoms with van der Waals surface area (Å²) in [6.45, 7) is 0. The van der Waals surface area contributed by atoms with Gasteiger partial charge in [-0.15, -0.1) is 0 Å². The molecule has 17 heteroatoms. The molecule has 0 saturated carbocycles. The average molecular weight is 799 g/mol. The molecular weight excluding hydrogens is 761 g/mol. The van der Waals surface area contributed by atoms with Gasteiger partial charge in [-0.25, -0.2) is 18.2 Å². The fourth-order valence-corrected chi connectivity index (χ4v) is 7.07. The number of carbonyl (C=O) groups excluding carboxylic acids is 1. The molecule has 0 bridgehead atoms. The quantitative estimate of drug-likeness (QED) is 0.0647. The summed E-state index contributed by atoms with van der Waals surface area (Å²) in [5.74, 6) is 0.822. The number of methoxy groups -OCH3 is 2. The van der Waals surface area contributed by atoms with E-state index < -0.39 is 32.0 Å². The third kappa shape index (κ3) is 9.89. The largest absolute Gasteiger partial charge is 0.493 e. The van der Waals surface area contributed by atoms with Crippen LogP contribution < -0.4 is 32.4 Å². The van der Waals surface area contributed by atoms with Gasteiger partial charge in [-0.3, -0.25) is 4.55 Å². The molecule has 5 aromatic carbocycles. The predicted octanol–water partition coefficient (Wildman–Crippen LogP) is 5.13. The molecule has 0 aliphatic heterocycles. The summed E-state index contributed by atoms with van der Waals surface area (Å²) in [5.41, 5.74) is 27.3. The van der Waals surface area contributed by atoms with Crippen LogP contribution in [0, 0.1) is 0 Å². The molecule has 290 valence electrons. The van der Waals surface area contributed by atoms with Crippen LogP contribution in [-0.2, 0) is 31.1 Å². The van der Waals surface area contributed by atoms with E-state index in [-0.39, 0.29) is 20.6 Å². The van der Waals surface area contributed by atoms with Gasteiger partial charge in [0.25, 0.3) is 10.1 Å². The molecule has 1 aromatic heterocycles. The van der Waals surface area contributed by atoms with Crippen LogP contribution in [0.5, 0.6) is 11.5 Å². The molecule has 9 N–H and O–H groups in total. The topological polar surface area (TPSA) is 263 Å². The first-order valence-corrected chi connectivity index (χ1v) is 19.4. The molecule has 1 atom stereocenters. The third-order valence-corrected chi connectivity index (χ3v) is 10.9. The minimum absolute atomic E-state index is 0.0985. The first kappa shape index (κ1) is 40.5. The molecule has 0 amide bonds. The van der Waals surface area contributed by atoms with E-state index >= 15 is 0 Å². The zero-order chi connectivity index (χ0) is 40.6. The molecule has 15 nitrogen and oxygen atoms in total. The Morgan fingerprint density at radius 2 is 1.21 bits per heavy atom. The second-order valence-electron chi connectivity index (χ2n) is 12.1. The minimum Gasteiger partial charge on any atom is -0.493 e. The van der Waals surface area contributed by atoms with Gasteiger partial charge in [-0.2, -0.15) is 13.4 Å². The van der Waals surface area contributed by atoms with Crippen LogP contribution in [0.25, 0.3) is 0 Å². The SMILES string of the molecule is COC(=O)c1ccc(S(=O)(=O)c2ccc(N)cc2)cc1.COc1ccc(Cc2cnc(N)nc2N)cc1OC(c1ccc(N)cc1)c1ccc(S(=O)(=O)O)cc1. The number of esters is 1. The van der Waals surface area contributed by atoms with E-state index in [1.807, 2.05) is 24.3 Å². The smallest absolute Gasteiger partial charge is 0.337 e. The number of anilines is 4. The number of hydrogen-bond donors (Lipinski definition) is 5. The normalized spacial score (nSPS) is 11.8. The van der Waals surface area contributed by atoms with E-state index in [1.165, 1.54) is 74.9 Å². The Morgan fingerprint density at radius 1 is 0.696 bits per heavy atom. The van der Waals surface area contributed by atoms with Crippen LogP contribution in [0.15, 0.2) is 136 Å². The summed E-state index contributed by atoms with van der Waals surface area (Å²) in [6, 6.07) is 29.9. The van der Waals surface area contributed by atoms with Crippen LogP contribution in [0.3, 0.4) is 0 Å². The lowest BCUT2D eigenvalue weighted by Crippen LogP contribution is -2.11. The molecule has 1 heterocycles. The molecule has 56 heavy (non-hydrogen) atoms. The average Bonchev–Trinajstić information content (AvgIpc) is 3.18. The van der Waals surface area contributed by atoms with Crippen molar-refractivity contribution in [2.75, 3.05) is 37.2 Å². The molecule has 0 spiro atoms. The first-order valence-electron chi connectivity index (χ1n) is 16.5. The van der Waals surface area contributed by atoms with Gasteiger partial charge in [0, 0.05) is 29.6 Å². The van der Waals surface area contributed by atoms with Crippen LogP contribution in [0.1, 0.15) is 38.7 Å². The Balaban J connectivity index is 0.000000253. The summed E-state index contributed by atoms with van der Waals surface area (Å²) in [5, 5.41) is 0. The van der Waals surface area contributed by atoms with Crippen LogP contribution in [-0.4, -0.2) is 51.5 Å². The van der Waals surface area contributed by atoms with Crippen molar-refractivity contribution in [2.45, 2.75) is 27.2 Å². The lowest BCUT2D eigenvalue weighted by atomic mass is 10.0. The second-order valence-corrected chi connectivity index (χ2v) is 15.5. The second kappa shape index (κ2) is 17.2. The highest BCUT2D eigenvalue weighted by Gasteiger charge is 2.21. The number of rotatable bonds is 11. The van der Waals surface area contributed by atoms with Crippen LogP contribution >= 0.6 is 0 Å². The Labute approximate surface area is 323 Å². The molecule has 6 rings (SSSR count). The van der Waals surface area contributed by atoms with Gasteiger partial charge in [0.2, 0.25) is 15.8 Å². The maximum atomic E-state index is 12.3. The van der Waals surface area contributed by atoms with Gasteiger partial charge < -0.3 is 37.1 Å². The predicted molar refractivity (Wildman–Crippen MR) is 210 cm³/mol. The molecule has 0 fully saturated rings. The van der Waals surface area contributed by atoms with Crippen molar-refractivity contribution in [3.63, 3.8) is 0 Å². The number of nitrogens with two attached hydrogens (primary N) is 4. The summed E-state index contributed by atoms with van der Waals surface area (Å²) < 4.78 is 73.5. The van der Waals surface area contributed by atoms with Gasteiger partial charge in [0.1, 0.15) is 11.9 Å². The van der Waals surface area contributed by atoms with Crippen molar-refractivity contribution < 1.29 is 40.4 Å². The maximum Gasteiger partial charge on any atom is 0.337 e. The number of hydrogen-bond acceptors (Lipinski definition) is 14. The lowest BCUT2D eigenvalue weighted by molar-refractivity contribution is 0.0600. The number of sulfone groups is 1. The van der Waals surface area contributed by atoms with E-state index in [0.717, 1.165) is 11.1 Å². The Hall–Kier alpha value is -6.69. The number of nitrogen functional groups attached to an aromatic ring is 4. The monoisotopic (exact) mass is 798 g/mol. The van der Waals surface area contributed by atoms with Crippen molar-refractivity contribution in [3.8, 4) is 11.5 Å². The summed E-state index contributed by atoms with van der Waals surface area (Å²) in [4.78, 5) is 19.3. The number of aromatic nitrogens is 2. The Morgan fingerprint density at radius 3 is 1.73 bits per heavy atom. The van der Waals surface area contributed by atoms with E-state index in [4.69, 9.17) is 32.4 Å². The van der Waals surface area contributed by atoms with Gasteiger partial charge in [0.05, 0.1) is 34.5 Å². The lowest BCUT2D eigenvalue weighted by Gasteiger charge is -2.22. The zero-order valence-corrected chi connectivity index (χ0v) is 31.7.